The van der Waals surface area contributed by atoms with Gasteiger partial charge in [0.15, 0.2) is 5.78 Å². The molecule has 0 radical (unpaired) electrons. The molecular weight excluding hydrogens is 444 g/mol. The average molecular weight is 469 g/mol. The average Bonchev–Trinajstić information content (AvgIpc) is 2.85. The molecule has 0 aliphatic heterocycles. The number of hydrogen-bond donors (Lipinski definition) is 1. The molecule has 0 unspecified atom stereocenters. The summed E-state index contributed by atoms with van der Waals surface area (Å²) in [6.07, 6.45) is 0.684. The molecule has 0 amide bonds. The molecule has 0 aliphatic rings. The van der Waals surface area contributed by atoms with E-state index in [9.17, 15) is 17.8 Å². The normalized spacial score (nSPS) is 12.1. The van der Waals surface area contributed by atoms with Gasteiger partial charge >= 0.3 is 0 Å². The van der Waals surface area contributed by atoms with Crippen LogP contribution in [0.3, 0.4) is 0 Å². The molecule has 0 heterocycles. The lowest BCUT2D eigenvalue weighted by atomic mass is 9.86. The molecular formula is C29H24O4S. The minimum absolute atomic E-state index is 0.0689. The first-order chi connectivity index (χ1) is 16.4. The molecule has 1 N–H and O–H groups in total. The zero-order chi connectivity index (χ0) is 24.0. The van der Waals surface area contributed by atoms with Crippen molar-refractivity contribution in [2.45, 2.75) is 17.7 Å². The molecule has 0 fully saturated rings. The lowest BCUT2D eigenvalue weighted by molar-refractivity contribution is -0.113. The summed E-state index contributed by atoms with van der Waals surface area (Å²) in [6.45, 7) is 0. The molecule has 0 aliphatic carbocycles. The van der Waals surface area contributed by atoms with E-state index in [1.54, 1.807) is 12.1 Å². The Kier molecular flexibility index (Phi) is 7.16. The molecule has 0 saturated carbocycles. The Morgan fingerprint density at radius 1 is 0.588 bits per heavy atom. The fourth-order valence-electron chi connectivity index (χ4n) is 3.94. The Morgan fingerprint density at radius 3 is 1.59 bits per heavy atom. The molecule has 0 saturated heterocycles. The van der Waals surface area contributed by atoms with Gasteiger partial charge in [0.1, 0.15) is 0 Å². The summed E-state index contributed by atoms with van der Waals surface area (Å²) in [5.74, 6) is -0.0689. The zero-order valence-electron chi connectivity index (χ0n) is 18.5. The third-order valence-corrected chi connectivity index (χ3v) is 6.44. The molecule has 5 heteroatoms. The predicted molar refractivity (Wildman–Crippen MR) is 135 cm³/mol. The highest BCUT2D eigenvalue weighted by molar-refractivity contribution is 7.85. The predicted octanol–water partition coefficient (Wildman–Crippen LogP) is 5.90. The van der Waals surface area contributed by atoms with E-state index in [4.69, 9.17) is 0 Å². The van der Waals surface area contributed by atoms with Crippen molar-refractivity contribution in [3.63, 3.8) is 0 Å². The number of rotatable bonds is 8. The minimum Gasteiger partial charge on any atom is -0.294 e. The van der Waals surface area contributed by atoms with Crippen LogP contribution >= 0.6 is 0 Å². The second-order valence-corrected chi connectivity index (χ2v) is 9.39. The first kappa shape index (κ1) is 23.4. The Hall–Kier alpha value is -3.80. The fourth-order valence-corrected chi connectivity index (χ4v) is 4.42. The van der Waals surface area contributed by atoms with Gasteiger partial charge in [-0.25, -0.2) is 0 Å². The van der Waals surface area contributed by atoms with E-state index in [0.29, 0.717) is 17.6 Å². The summed E-state index contributed by atoms with van der Waals surface area (Å²) in [4.78, 5) is 13.6. The van der Waals surface area contributed by atoms with Crippen LogP contribution in [0.2, 0.25) is 0 Å². The van der Waals surface area contributed by atoms with Crippen LogP contribution in [0.15, 0.2) is 120 Å². The SMILES string of the molecule is O=C(Cc1ccc(S(=O)(=O)O)cc1)/C(=C(\Cc1ccccc1)c1ccccc1)c1ccccc1. The number of ketones is 1. The summed E-state index contributed by atoms with van der Waals surface area (Å²) < 4.78 is 32.0. The highest BCUT2D eigenvalue weighted by Gasteiger charge is 2.20. The maximum absolute atomic E-state index is 13.8. The van der Waals surface area contributed by atoms with Gasteiger partial charge in [-0.2, -0.15) is 8.42 Å². The highest BCUT2D eigenvalue weighted by Crippen LogP contribution is 2.31. The molecule has 4 aromatic carbocycles. The van der Waals surface area contributed by atoms with Crippen LogP contribution in [0.25, 0.3) is 11.1 Å². The van der Waals surface area contributed by atoms with Crippen LogP contribution in [0, 0.1) is 0 Å². The zero-order valence-corrected chi connectivity index (χ0v) is 19.3. The fraction of sp³-hybridized carbons (Fsp3) is 0.0690. The van der Waals surface area contributed by atoms with Gasteiger partial charge in [0.05, 0.1) is 4.90 Å². The quantitative estimate of drug-likeness (QED) is 0.199. The van der Waals surface area contributed by atoms with E-state index in [1.807, 2.05) is 91.0 Å². The van der Waals surface area contributed by atoms with Crippen molar-refractivity contribution in [3.8, 4) is 0 Å². The van der Waals surface area contributed by atoms with Crippen molar-refractivity contribution in [2.75, 3.05) is 0 Å². The number of benzene rings is 4. The maximum atomic E-state index is 13.8. The summed E-state index contributed by atoms with van der Waals surface area (Å²) in [5.41, 5.74) is 5.13. The van der Waals surface area contributed by atoms with E-state index in [2.05, 4.69) is 0 Å². The molecule has 34 heavy (non-hydrogen) atoms. The van der Waals surface area contributed by atoms with Crippen LogP contribution in [-0.4, -0.2) is 18.8 Å². The van der Waals surface area contributed by atoms with Crippen molar-refractivity contribution in [3.05, 3.63) is 138 Å². The number of Topliss-reactive ketones (excluding diaryl/α,β-unsaturated/α-hetero) is 1. The van der Waals surface area contributed by atoms with Crippen LogP contribution in [0.5, 0.6) is 0 Å². The number of carbonyl (C=O) groups is 1. The van der Waals surface area contributed by atoms with Gasteiger partial charge in [-0.05, 0) is 46.4 Å². The Balaban J connectivity index is 1.81. The van der Waals surface area contributed by atoms with E-state index in [-0.39, 0.29) is 17.1 Å². The van der Waals surface area contributed by atoms with Gasteiger partial charge in [-0.1, -0.05) is 103 Å². The van der Waals surface area contributed by atoms with E-state index >= 15 is 0 Å². The highest BCUT2D eigenvalue weighted by atomic mass is 32.2. The minimum atomic E-state index is -4.29. The second kappa shape index (κ2) is 10.4. The molecule has 4 nitrogen and oxygen atoms in total. The molecule has 4 rings (SSSR count). The summed E-state index contributed by atoms with van der Waals surface area (Å²) >= 11 is 0. The lowest BCUT2D eigenvalue weighted by Crippen LogP contribution is -2.10. The monoisotopic (exact) mass is 468 g/mol. The van der Waals surface area contributed by atoms with Crippen molar-refractivity contribution >= 4 is 27.0 Å². The molecule has 4 aromatic rings. The molecule has 170 valence electrons. The smallest absolute Gasteiger partial charge is 0.294 e. The van der Waals surface area contributed by atoms with Crippen molar-refractivity contribution in [1.29, 1.82) is 0 Å². The van der Waals surface area contributed by atoms with Crippen molar-refractivity contribution in [2.24, 2.45) is 0 Å². The summed E-state index contributed by atoms with van der Waals surface area (Å²) in [7, 11) is -4.29. The van der Waals surface area contributed by atoms with Gasteiger partial charge in [0.25, 0.3) is 10.1 Å². The van der Waals surface area contributed by atoms with Crippen molar-refractivity contribution < 1.29 is 17.8 Å². The van der Waals surface area contributed by atoms with E-state index < -0.39 is 10.1 Å². The van der Waals surface area contributed by atoms with E-state index in [1.165, 1.54) is 12.1 Å². The number of allylic oxidation sites excluding steroid dienone is 2. The number of hydrogen-bond acceptors (Lipinski definition) is 3. The topological polar surface area (TPSA) is 71.4 Å². The van der Waals surface area contributed by atoms with Gasteiger partial charge < -0.3 is 0 Å². The molecule has 0 aromatic heterocycles. The van der Waals surface area contributed by atoms with Crippen LogP contribution in [-0.2, 0) is 27.8 Å². The largest absolute Gasteiger partial charge is 0.294 e. The van der Waals surface area contributed by atoms with Gasteiger partial charge in [-0.15, -0.1) is 0 Å². The van der Waals surface area contributed by atoms with Crippen LogP contribution in [0.4, 0.5) is 0 Å². The van der Waals surface area contributed by atoms with Crippen LogP contribution < -0.4 is 0 Å². The molecule has 0 atom stereocenters. The Morgan fingerprint density at radius 2 is 1.06 bits per heavy atom. The van der Waals surface area contributed by atoms with E-state index in [0.717, 1.165) is 22.3 Å². The first-order valence-electron chi connectivity index (χ1n) is 10.9. The third kappa shape index (κ3) is 5.76. The molecule has 0 spiro atoms. The summed E-state index contributed by atoms with van der Waals surface area (Å²) in [6, 6.07) is 35.3. The first-order valence-corrected chi connectivity index (χ1v) is 12.3. The Bertz CT molecular complexity index is 1390. The third-order valence-electron chi connectivity index (χ3n) is 5.57. The Labute approximate surface area is 200 Å². The van der Waals surface area contributed by atoms with Crippen molar-refractivity contribution in [1.82, 2.24) is 0 Å². The standard InChI is InChI=1S/C29H24O4S/c30-28(21-23-16-18-26(19-17-23)34(31,32)33)29(25-14-8-3-9-15-25)27(24-12-6-2-7-13-24)20-22-10-4-1-5-11-22/h1-19H,20-21H2,(H,31,32,33)/b29-27+. The van der Waals surface area contributed by atoms with Gasteiger partial charge in [-0.3, -0.25) is 9.35 Å². The second-order valence-electron chi connectivity index (χ2n) is 7.97. The lowest BCUT2D eigenvalue weighted by Gasteiger charge is -2.17. The maximum Gasteiger partial charge on any atom is 0.294 e. The molecule has 0 bridgehead atoms. The summed E-state index contributed by atoms with van der Waals surface area (Å²) in [5, 5.41) is 0. The number of carbonyl (C=O) groups excluding carboxylic acids is 1. The van der Waals surface area contributed by atoms with Gasteiger partial charge in [0, 0.05) is 12.0 Å². The van der Waals surface area contributed by atoms with Crippen LogP contribution in [0.1, 0.15) is 22.3 Å². The van der Waals surface area contributed by atoms with Gasteiger partial charge in [0.2, 0.25) is 0 Å².